The van der Waals surface area contributed by atoms with Crippen molar-refractivity contribution in [2.45, 2.75) is 72.4 Å². The summed E-state index contributed by atoms with van der Waals surface area (Å²) < 4.78 is 0. The second-order valence-corrected chi connectivity index (χ2v) is 9.16. The summed E-state index contributed by atoms with van der Waals surface area (Å²) in [5.41, 5.74) is -0.819. The van der Waals surface area contributed by atoms with Crippen LogP contribution in [-0.4, -0.2) is 48.0 Å². The summed E-state index contributed by atoms with van der Waals surface area (Å²) in [6, 6.07) is -0.108. The van der Waals surface area contributed by atoms with Gasteiger partial charge in [-0.15, -0.1) is 0 Å². The molecule has 1 amide bonds. The van der Waals surface area contributed by atoms with E-state index in [9.17, 15) is 14.4 Å². The Morgan fingerprint density at radius 2 is 1.79 bits per heavy atom. The molecule has 24 heavy (non-hydrogen) atoms. The molecule has 2 aliphatic heterocycles. The molecule has 0 spiro atoms. The number of rotatable bonds is 5. The quantitative estimate of drug-likeness (QED) is 0.836. The third kappa shape index (κ3) is 3.88. The van der Waals surface area contributed by atoms with E-state index in [0.29, 0.717) is 31.6 Å². The molecule has 0 radical (unpaired) electrons. The Bertz CT molecular complexity index is 533. The van der Waals surface area contributed by atoms with Gasteiger partial charge in [-0.1, -0.05) is 34.6 Å². The highest BCUT2D eigenvalue weighted by Gasteiger charge is 2.43. The monoisotopic (exact) mass is 336 g/mol. The Hall–Kier alpha value is -1.23. The molecule has 2 fully saturated rings. The number of likely N-dealkylation sites (tertiary alicyclic amines) is 1. The van der Waals surface area contributed by atoms with Gasteiger partial charge in [-0.25, -0.2) is 0 Å². The van der Waals surface area contributed by atoms with Gasteiger partial charge in [-0.05, 0) is 19.3 Å². The molecule has 1 N–H and O–H groups in total. The minimum absolute atomic E-state index is 0.0385. The molecule has 5 nitrogen and oxygen atoms in total. The molecule has 2 rings (SSSR count). The van der Waals surface area contributed by atoms with Crippen molar-refractivity contribution in [1.29, 1.82) is 0 Å². The highest BCUT2D eigenvalue weighted by Crippen LogP contribution is 2.34. The van der Waals surface area contributed by atoms with Crippen molar-refractivity contribution in [2.24, 2.45) is 16.7 Å². The maximum atomic E-state index is 12.9. The second-order valence-electron chi connectivity index (χ2n) is 9.16. The number of carbonyl (C=O) groups is 3. The molecule has 5 heteroatoms. The molecular formula is C19H32N2O3. The fraction of sp³-hybridized carbons (Fsp3) is 0.842. The third-order valence-electron chi connectivity index (χ3n) is 5.55. The molecule has 0 aromatic rings. The Morgan fingerprint density at radius 1 is 1.17 bits per heavy atom. The Labute approximate surface area is 145 Å². The van der Waals surface area contributed by atoms with E-state index in [-0.39, 0.29) is 35.1 Å². The zero-order valence-corrected chi connectivity index (χ0v) is 15.9. The zero-order valence-electron chi connectivity index (χ0n) is 15.9. The van der Waals surface area contributed by atoms with Crippen LogP contribution in [0.3, 0.4) is 0 Å². The fourth-order valence-electron chi connectivity index (χ4n) is 4.07. The third-order valence-corrected chi connectivity index (χ3v) is 5.55. The van der Waals surface area contributed by atoms with Gasteiger partial charge >= 0.3 is 0 Å². The Morgan fingerprint density at radius 3 is 2.29 bits per heavy atom. The standard InChI is InChI=1S/C19H32N2O3/c1-18(2,3)16(23)12-9-13(20-11-12)10-19(4,5)17(24)14-7-8-15(22)21(14)6/h12-14,20H,7-11H2,1-6H3/t12-,13?,14?/m0/s1. The first-order valence-electron chi connectivity index (χ1n) is 9.01. The van der Waals surface area contributed by atoms with E-state index >= 15 is 0 Å². The normalized spacial score (nSPS) is 28.5. The number of hydrogen-bond acceptors (Lipinski definition) is 4. The van der Waals surface area contributed by atoms with Crippen molar-refractivity contribution < 1.29 is 14.4 Å². The van der Waals surface area contributed by atoms with Gasteiger partial charge in [-0.2, -0.15) is 0 Å². The first-order valence-corrected chi connectivity index (χ1v) is 9.01. The van der Waals surface area contributed by atoms with Crippen molar-refractivity contribution in [3.05, 3.63) is 0 Å². The SMILES string of the molecule is CN1C(=O)CCC1C(=O)C(C)(C)CC1C[C@H](C(=O)C(C)(C)C)CN1. The summed E-state index contributed by atoms with van der Waals surface area (Å²) in [6.45, 7) is 10.5. The summed E-state index contributed by atoms with van der Waals surface area (Å²) in [5, 5.41) is 3.43. The van der Waals surface area contributed by atoms with Gasteiger partial charge in [0.05, 0.1) is 6.04 Å². The topological polar surface area (TPSA) is 66.5 Å². The van der Waals surface area contributed by atoms with E-state index in [1.54, 1.807) is 11.9 Å². The highest BCUT2D eigenvalue weighted by molar-refractivity contribution is 5.95. The predicted octanol–water partition coefficient (Wildman–Crippen LogP) is 2.19. The lowest BCUT2D eigenvalue weighted by atomic mass is 9.76. The van der Waals surface area contributed by atoms with E-state index in [0.717, 1.165) is 6.42 Å². The number of ketones is 2. The van der Waals surface area contributed by atoms with E-state index in [1.807, 2.05) is 34.6 Å². The van der Waals surface area contributed by atoms with Crippen molar-refractivity contribution in [3.63, 3.8) is 0 Å². The van der Waals surface area contributed by atoms with Crippen LogP contribution in [0.1, 0.15) is 60.3 Å². The van der Waals surface area contributed by atoms with Crippen LogP contribution in [0, 0.1) is 16.7 Å². The number of amides is 1. The molecule has 136 valence electrons. The van der Waals surface area contributed by atoms with Crippen molar-refractivity contribution in [2.75, 3.05) is 13.6 Å². The minimum Gasteiger partial charge on any atom is -0.336 e. The summed E-state index contributed by atoms with van der Waals surface area (Å²) in [4.78, 5) is 38.6. The second kappa shape index (κ2) is 6.58. The lowest BCUT2D eigenvalue weighted by molar-refractivity contribution is -0.137. The van der Waals surface area contributed by atoms with Crippen molar-refractivity contribution in [3.8, 4) is 0 Å². The summed E-state index contributed by atoms with van der Waals surface area (Å²) >= 11 is 0. The number of hydrogen-bond donors (Lipinski definition) is 1. The molecule has 0 aromatic carbocycles. The molecule has 0 aromatic heterocycles. The van der Waals surface area contributed by atoms with Gasteiger partial charge in [0.1, 0.15) is 5.78 Å². The Kier molecular flexibility index (Phi) is 5.24. The number of Topliss-reactive ketones (excluding diaryl/α,β-unsaturated/α-hetero) is 2. The molecule has 0 aliphatic carbocycles. The van der Waals surface area contributed by atoms with Crippen LogP contribution in [0.2, 0.25) is 0 Å². The smallest absolute Gasteiger partial charge is 0.223 e. The molecule has 3 atom stereocenters. The zero-order chi connectivity index (χ0) is 18.3. The lowest BCUT2D eigenvalue weighted by Gasteiger charge is -2.31. The van der Waals surface area contributed by atoms with Crippen LogP contribution < -0.4 is 5.32 Å². The summed E-state index contributed by atoms with van der Waals surface area (Å²) in [6.07, 6.45) is 2.60. The van der Waals surface area contributed by atoms with Crippen LogP contribution in [0.25, 0.3) is 0 Å². The molecule has 2 heterocycles. The first-order chi connectivity index (χ1) is 10.9. The predicted molar refractivity (Wildman–Crippen MR) is 93.6 cm³/mol. The van der Waals surface area contributed by atoms with Crippen LogP contribution in [-0.2, 0) is 14.4 Å². The summed E-state index contributed by atoms with van der Waals surface area (Å²) in [7, 11) is 1.72. The first kappa shape index (κ1) is 19.1. The maximum Gasteiger partial charge on any atom is 0.223 e. The van der Waals surface area contributed by atoms with Gasteiger partial charge in [0, 0.05) is 42.8 Å². The number of nitrogens with zero attached hydrogens (tertiary/aromatic N) is 1. The van der Waals surface area contributed by atoms with Gasteiger partial charge < -0.3 is 10.2 Å². The number of likely N-dealkylation sites (N-methyl/N-ethyl adjacent to an activating group) is 1. The van der Waals surface area contributed by atoms with Gasteiger partial charge in [0.2, 0.25) is 5.91 Å². The van der Waals surface area contributed by atoms with Crippen LogP contribution in [0.4, 0.5) is 0 Å². The van der Waals surface area contributed by atoms with Gasteiger partial charge in [-0.3, -0.25) is 14.4 Å². The van der Waals surface area contributed by atoms with E-state index < -0.39 is 5.41 Å². The molecule has 0 bridgehead atoms. The van der Waals surface area contributed by atoms with E-state index in [2.05, 4.69) is 5.32 Å². The van der Waals surface area contributed by atoms with E-state index in [1.165, 1.54) is 0 Å². The number of nitrogens with one attached hydrogen (secondary N) is 1. The van der Waals surface area contributed by atoms with Crippen LogP contribution >= 0.6 is 0 Å². The average Bonchev–Trinajstić information content (AvgIpc) is 3.04. The average molecular weight is 336 g/mol. The molecule has 0 saturated carbocycles. The van der Waals surface area contributed by atoms with Crippen molar-refractivity contribution in [1.82, 2.24) is 10.2 Å². The molecular weight excluding hydrogens is 304 g/mol. The Balaban J connectivity index is 1.96. The molecule has 2 aliphatic rings. The van der Waals surface area contributed by atoms with Gasteiger partial charge in [0.15, 0.2) is 5.78 Å². The highest BCUT2D eigenvalue weighted by atomic mass is 16.2. The van der Waals surface area contributed by atoms with Crippen LogP contribution in [0.15, 0.2) is 0 Å². The van der Waals surface area contributed by atoms with Gasteiger partial charge in [0.25, 0.3) is 0 Å². The number of carbonyl (C=O) groups excluding carboxylic acids is 3. The van der Waals surface area contributed by atoms with E-state index in [4.69, 9.17) is 0 Å². The molecule has 2 saturated heterocycles. The molecule has 2 unspecified atom stereocenters. The lowest BCUT2D eigenvalue weighted by Crippen LogP contribution is -2.44. The largest absolute Gasteiger partial charge is 0.336 e. The summed E-state index contributed by atoms with van der Waals surface area (Å²) in [5.74, 6) is 0.529. The minimum atomic E-state index is -0.499. The fourth-order valence-corrected chi connectivity index (χ4v) is 4.07. The maximum absolute atomic E-state index is 12.9. The van der Waals surface area contributed by atoms with Crippen molar-refractivity contribution >= 4 is 17.5 Å². The van der Waals surface area contributed by atoms with Crippen LogP contribution in [0.5, 0.6) is 0 Å².